The van der Waals surface area contributed by atoms with E-state index in [9.17, 15) is 8.42 Å². The van der Waals surface area contributed by atoms with Crippen molar-refractivity contribution in [3.63, 3.8) is 0 Å². The Morgan fingerprint density at radius 3 is 2.34 bits per heavy atom. The Kier molecular flexibility index (Phi) is 5.92. The van der Waals surface area contributed by atoms with E-state index in [0.717, 1.165) is 55.5 Å². The number of nitrogens with one attached hydrogen (secondary N) is 1. The molecule has 1 aliphatic carbocycles. The molecule has 0 unspecified atom stereocenters. The lowest BCUT2D eigenvalue weighted by molar-refractivity contribution is 0.313. The molecule has 5 rings (SSSR count). The summed E-state index contributed by atoms with van der Waals surface area (Å²) in [5, 5.41) is 17.3. The first-order valence-corrected chi connectivity index (χ1v) is 13.0. The number of hydrogen-bond donors (Lipinski definition) is 2. The average molecular weight is 452 g/mol. The van der Waals surface area contributed by atoms with Crippen molar-refractivity contribution in [2.45, 2.75) is 49.3 Å². The van der Waals surface area contributed by atoms with Crippen molar-refractivity contribution in [3.05, 3.63) is 53.1 Å². The maximum atomic E-state index is 12.8. The Hall–Kier alpha value is -2.42. The number of primary sulfonamides is 1. The molecule has 8 heteroatoms. The molecule has 2 aromatic rings. The fraction of sp³-hybridized carbons (Fsp3) is 0.458. The summed E-state index contributed by atoms with van der Waals surface area (Å²) in [6.45, 7) is 2.30. The lowest BCUT2D eigenvalue weighted by Gasteiger charge is -2.27. The van der Waals surface area contributed by atoms with Gasteiger partial charge in [0.05, 0.1) is 4.90 Å². The number of sulfonamides is 1. The molecule has 3 aliphatic rings. The van der Waals surface area contributed by atoms with Crippen LogP contribution in [0.5, 0.6) is 0 Å². The fourth-order valence-electron chi connectivity index (χ4n) is 5.03. The number of benzene rings is 2. The Bertz CT molecular complexity index is 1160. The number of rotatable bonds is 6. The van der Waals surface area contributed by atoms with Crippen molar-refractivity contribution in [2.24, 2.45) is 26.3 Å². The summed E-state index contributed by atoms with van der Waals surface area (Å²) in [5.74, 6) is 1.41. The molecule has 2 heterocycles. The predicted molar refractivity (Wildman–Crippen MR) is 125 cm³/mol. The zero-order valence-electron chi connectivity index (χ0n) is 18.1. The lowest BCUT2D eigenvalue weighted by atomic mass is 9.80. The number of hydrogen-bond acceptors (Lipinski definition) is 6. The smallest absolute Gasteiger partial charge is 0.239 e. The number of nitrogens with zero attached hydrogens (tertiary/aromatic N) is 3. The first-order chi connectivity index (χ1) is 15.5. The van der Waals surface area contributed by atoms with E-state index in [1.54, 1.807) is 0 Å². The van der Waals surface area contributed by atoms with Crippen LogP contribution in [0.1, 0.15) is 54.7 Å². The van der Waals surface area contributed by atoms with Crippen LogP contribution in [-0.2, 0) is 16.4 Å². The van der Waals surface area contributed by atoms with Gasteiger partial charge >= 0.3 is 0 Å². The molecule has 2 fully saturated rings. The summed E-state index contributed by atoms with van der Waals surface area (Å²) < 4.78 is 25.6. The molecule has 32 heavy (non-hydrogen) atoms. The molecule has 0 radical (unpaired) electrons. The van der Waals surface area contributed by atoms with Gasteiger partial charge in [-0.2, -0.15) is 5.11 Å². The van der Waals surface area contributed by atoms with Gasteiger partial charge in [-0.15, -0.1) is 5.11 Å². The third-order valence-electron chi connectivity index (χ3n) is 6.96. The third kappa shape index (κ3) is 4.27. The Balaban J connectivity index is 1.61. The number of piperidine rings is 1. The van der Waals surface area contributed by atoms with Gasteiger partial charge < -0.3 is 5.32 Å². The van der Waals surface area contributed by atoms with Crippen LogP contribution in [0, 0.1) is 5.92 Å². The van der Waals surface area contributed by atoms with E-state index in [-0.39, 0.29) is 11.6 Å². The maximum absolute atomic E-state index is 12.8. The van der Waals surface area contributed by atoms with Gasteiger partial charge in [-0.1, -0.05) is 55.7 Å². The molecule has 0 atom stereocenters. The topological polar surface area (TPSA) is 109 Å². The number of nitrogens with two attached hydrogens (primary N) is 1. The second kappa shape index (κ2) is 8.84. The molecule has 168 valence electrons. The molecule has 0 aromatic heterocycles. The van der Waals surface area contributed by atoms with E-state index >= 15 is 0 Å². The van der Waals surface area contributed by atoms with E-state index in [1.807, 2.05) is 12.1 Å². The van der Waals surface area contributed by atoms with Gasteiger partial charge in [-0.3, -0.25) is 0 Å². The van der Waals surface area contributed by atoms with E-state index in [2.05, 4.69) is 44.8 Å². The number of azo groups is 1. The van der Waals surface area contributed by atoms with Gasteiger partial charge in [0, 0.05) is 5.56 Å². The minimum Gasteiger partial charge on any atom is -0.317 e. The van der Waals surface area contributed by atoms with Crippen molar-refractivity contribution >= 4 is 15.9 Å². The normalized spacial score (nSPS) is 19.7. The highest BCUT2D eigenvalue weighted by atomic mass is 32.2. The number of aliphatic imine (C=N–C) groups is 1. The highest BCUT2D eigenvalue weighted by Crippen LogP contribution is 2.37. The summed E-state index contributed by atoms with van der Waals surface area (Å²) >= 11 is 0. The van der Waals surface area contributed by atoms with Crippen molar-refractivity contribution in [1.82, 2.24) is 5.32 Å². The van der Waals surface area contributed by atoms with Crippen LogP contribution >= 0.6 is 0 Å². The molecular weight excluding hydrogens is 422 g/mol. The predicted octanol–water partition coefficient (Wildman–Crippen LogP) is 3.98. The Morgan fingerprint density at radius 1 is 1.00 bits per heavy atom. The SMILES string of the molecule is NS(=O)(=O)c1c(CC2CCC2)ccc(-c2ccc(C3CCNCC3)cc2)c1C1=NCN=N1. The molecule has 0 amide bonds. The quantitative estimate of drug-likeness (QED) is 0.693. The van der Waals surface area contributed by atoms with Crippen LogP contribution in [0.3, 0.4) is 0 Å². The Morgan fingerprint density at radius 2 is 1.75 bits per heavy atom. The van der Waals surface area contributed by atoms with Crippen LogP contribution in [0.2, 0.25) is 0 Å². The molecule has 3 N–H and O–H groups in total. The van der Waals surface area contributed by atoms with Crippen LogP contribution < -0.4 is 10.5 Å². The van der Waals surface area contributed by atoms with E-state index in [4.69, 9.17) is 5.14 Å². The minimum absolute atomic E-state index is 0.156. The zero-order chi connectivity index (χ0) is 22.1. The minimum atomic E-state index is -3.98. The van der Waals surface area contributed by atoms with Crippen molar-refractivity contribution in [1.29, 1.82) is 0 Å². The summed E-state index contributed by atoms with van der Waals surface area (Å²) in [6, 6.07) is 12.4. The largest absolute Gasteiger partial charge is 0.317 e. The van der Waals surface area contributed by atoms with Gasteiger partial charge in [0.1, 0.15) is 0 Å². The maximum Gasteiger partial charge on any atom is 0.239 e. The molecule has 7 nitrogen and oxygen atoms in total. The lowest BCUT2D eigenvalue weighted by Crippen LogP contribution is -2.26. The molecule has 0 spiro atoms. The summed E-state index contributed by atoms with van der Waals surface area (Å²) in [6.07, 6.45) is 6.42. The van der Waals surface area contributed by atoms with Gasteiger partial charge in [0.2, 0.25) is 10.0 Å². The first-order valence-electron chi connectivity index (χ1n) is 11.4. The summed E-state index contributed by atoms with van der Waals surface area (Å²) in [4.78, 5) is 4.52. The average Bonchev–Trinajstić information content (AvgIpc) is 3.30. The highest BCUT2D eigenvalue weighted by molar-refractivity contribution is 7.89. The molecule has 0 bridgehead atoms. The van der Waals surface area contributed by atoms with Gasteiger partial charge in [-0.25, -0.2) is 18.5 Å². The monoisotopic (exact) mass is 451 g/mol. The van der Waals surface area contributed by atoms with Crippen molar-refractivity contribution in [3.8, 4) is 11.1 Å². The van der Waals surface area contributed by atoms with Crippen LogP contribution in [-0.4, -0.2) is 34.0 Å². The summed E-state index contributed by atoms with van der Waals surface area (Å²) in [5.41, 5.74) is 4.28. The molecule has 1 saturated heterocycles. The molecular formula is C24H29N5O2S. The van der Waals surface area contributed by atoms with Crippen molar-refractivity contribution < 1.29 is 8.42 Å². The van der Waals surface area contributed by atoms with Crippen molar-refractivity contribution in [2.75, 3.05) is 19.8 Å². The fourth-order valence-corrected chi connectivity index (χ4v) is 6.03. The Labute approximate surface area is 189 Å². The third-order valence-corrected chi connectivity index (χ3v) is 8.00. The van der Waals surface area contributed by atoms with Crippen LogP contribution in [0.25, 0.3) is 11.1 Å². The molecule has 2 aromatic carbocycles. The zero-order valence-corrected chi connectivity index (χ0v) is 18.9. The van der Waals surface area contributed by atoms with Gasteiger partial charge in [0.15, 0.2) is 12.5 Å². The second-order valence-electron chi connectivity index (χ2n) is 9.03. The van der Waals surface area contributed by atoms with Gasteiger partial charge in [-0.05, 0) is 66.4 Å². The molecule has 2 aliphatic heterocycles. The van der Waals surface area contributed by atoms with E-state index < -0.39 is 10.0 Å². The summed E-state index contributed by atoms with van der Waals surface area (Å²) in [7, 11) is -3.98. The standard InChI is InChI=1S/C24H29N5O2S/c25-32(30,31)23-20(14-16-2-1-3-16)8-9-21(22(23)24-27-15-28-29-24)19-6-4-17(5-7-19)18-10-12-26-13-11-18/h4-9,16,18,26H,1-3,10-15H2,(H2,25,30,31). The highest BCUT2D eigenvalue weighted by Gasteiger charge is 2.29. The first kappa shape index (κ1) is 21.4. The molecule has 1 saturated carbocycles. The van der Waals surface area contributed by atoms with Crippen LogP contribution in [0.4, 0.5) is 0 Å². The van der Waals surface area contributed by atoms with Gasteiger partial charge in [0.25, 0.3) is 0 Å². The van der Waals surface area contributed by atoms with E-state index in [0.29, 0.717) is 29.7 Å². The number of amidine groups is 1. The van der Waals surface area contributed by atoms with E-state index in [1.165, 1.54) is 12.0 Å². The van der Waals surface area contributed by atoms with Crippen LogP contribution in [0.15, 0.2) is 56.5 Å². The second-order valence-corrected chi connectivity index (χ2v) is 10.5.